The second-order valence-corrected chi connectivity index (χ2v) is 5.68. The fourth-order valence-electron chi connectivity index (χ4n) is 3.25. The second-order valence-electron chi connectivity index (χ2n) is 5.68. The van der Waals surface area contributed by atoms with E-state index in [0.29, 0.717) is 6.04 Å². The van der Waals surface area contributed by atoms with E-state index in [9.17, 15) is 0 Å². The fourth-order valence-corrected chi connectivity index (χ4v) is 3.25. The van der Waals surface area contributed by atoms with E-state index in [0.717, 1.165) is 12.5 Å². The molecule has 1 atom stereocenters. The maximum atomic E-state index is 3.68. The topological polar surface area (TPSA) is 12.0 Å². The molecule has 1 aromatic rings. The maximum Gasteiger partial charge on any atom is 0.0110 e. The van der Waals surface area contributed by atoms with Gasteiger partial charge in [0, 0.05) is 6.04 Å². The Balaban J connectivity index is 1.86. The quantitative estimate of drug-likeness (QED) is 0.793. The van der Waals surface area contributed by atoms with Crippen LogP contribution in [0.4, 0.5) is 0 Å². The predicted molar refractivity (Wildman–Crippen MR) is 78.8 cm³/mol. The largest absolute Gasteiger partial charge is 0.314 e. The summed E-state index contributed by atoms with van der Waals surface area (Å²) >= 11 is 0. The zero-order chi connectivity index (χ0) is 12.6. The standard InChI is InChI=1S/C17H27N/c1-2-18-17(13-15-9-5-3-6-10-15)14-16-11-7-4-8-12-16/h3,5-6,9-10,16-18H,2,4,7-8,11-14H2,1H3. The zero-order valence-electron chi connectivity index (χ0n) is 11.7. The van der Waals surface area contributed by atoms with Crippen LogP contribution >= 0.6 is 0 Å². The van der Waals surface area contributed by atoms with Gasteiger partial charge in [0.15, 0.2) is 0 Å². The van der Waals surface area contributed by atoms with Crippen LogP contribution < -0.4 is 5.32 Å². The lowest BCUT2D eigenvalue weighted by Gasteiger charge is -2.27. The minimum Gasteiger partial charge on any atom is -0.314 e. The van der Waals surface area contributed by atoms with E-state index >= 15 is 0 Å². The van der Waals surface area contributed by atoms with Gasteiger partial charge in [-0.15, -0.1) is 0 Å². The van der Waals surface area contributed by atoms with Crippen LogP contribution in [-0.2, 0) is 6.42 Å². The van der Waals surface area contributed by atoms with Crippen LogP contribution in [0.15, 0.2) is 30.3 Å². The third kappa shape index (κ3) is 4.45. The third-order valence-corrected chi connectivity index (χ3v) is 4.16. The van der Waals surface area contributed by atoms with Gasteiger partial charge in [-0.3, -0.25) is 0 Å². The summed E-state index contributed by atoms with van der Waals surface area (Å²) in [5, 5.41) is 3.68. The summed E-state index contributed by atoms with van der Waals surface area (Å²) in [4.78, 5) is 0. The molecule has 0 aromatic heterocycles. The number of rotatable bonds is 6. The van der Waals surface area contributed by atoms with Gasteiger partial charge in [0.1, 0.15) is 0 Å². The molecule has 0 spiro atoms. The van der Waals surface area contributed by atoms with Crippen LogP contribution in [0.1, 0.15) is 51.0 Å². The molecule has 1 fully saturated rings. The molecule has 1 unspecified atom stereocenters. The average Bonchev–Trinajstić information content (AvgIpc) is 2.41. The minimum atomic E-state index is 0.667. The lowest BCUT2D eigenvalue weighted by Crippen LogP contribution is -2.33. The molecule has 0 aliphatic heterocycles. The van der Waals surface area contributed by atoms with Crippen LogP contribution in [0.25, 0.3) is 0 Å². The molecule has 1 nitrogen and oxygen atoms in total. The minimum absolute atomic E-state index is 0.667. The summed E-state index contributed by atoms with van der Waals surface area (Å²) in [5.41, 5.74) is 1.47. The molecule has 1 aromatic carbocycles. The molecule has 1 heteroatoms. The van der Waals surface area contributed by atoms with E-state index < -0.39 is 0 Å². The van der Waals surface area contributed by atoms with E-state index in [1.165, 1.54) is 50.5 Å². The Kier molecular flexibility index (Phi) is 5.73. The first-order chi connectivity index (χ1) is 8.88. The number of benzene rings is 1. The Morgan fingerprint density at radius 3 is 2.50 bits per heavy atom. The van der Waals surface area contributed by atoms with Crippen LogP contribution in [-0.4, -0.2) is 12.6 Å². The van der Waals surface area contributed by atoms with Crippen molar-refractivity contribution in [2.75, 3.05) is 6.54 Å². The Morgan fingerprint density at radius 1 is 1.11 bits per heavy atom. The smallest absolute Gasteiger partial charge is 0.0110 e. The van der Waals surface area contributed by atoms with Gasteiger partial charge in [0.05, 0.1) is 0 Å². The normalized spacial score (nSPS) is 18.7. The van der Waals surface area contributed by atoms with Crippen molar-refractivity contribution >= 4 is 0 Å². The summed E-state index contributed by atoms with van der Waals surface area (Å²) in [6, 6.07) is 11.6. The van der Waals surface area contributed by atoms with Crippen molar-refractivity contribution < 1.29 is 0 Å². The second kappa shape index (κ2) is 7.58. The lowest BCUT2D eigenvalue weighted by molar-refractivity contribution is 0.298. The van der Waals surface area contributed by atoms with Crippen molar-refractivity contribution in [2.45, 2.75) is 57.9 Å². The maximum absolute atomic E-state index is 3.68. The number of hydrogen-bond donors (Lipinski definition) is 1. The van der Waals surface area contributed by atoms with Gasteiger partial charge in [0.25, 0.3) is 0 Å². The fraction of sp³-hybridized carbons (Fsp3) is 0.647. The highest BCUT2D eigenvalue weighted by Crippen LogP contribution is 2.28. The first-order valence-electron chi connectivity index (χ1n) is 7.65. The van der Waals surface area contributed by atoms with Gasteiger partial charge in [0.2, 0.25) is 0 Å². The van der Waals surface area contributed by atoms with E-state index in [1.807, 2.05) is 0 Å². The molecule has 1 N–H and O–H groups in total. The van der Waals surface area contributed by atoms with Gasteiger partial charge >= 0.3 is 0 Å². The first kappa shape index (κ1) is 13.6. The Bertz CT molecular complexity index is 314. The summed E-state index contributed by atoms with van der Waals surface area (Å²) in [7, 11) is 0. The Morgan fingerprint density at radius 2 is 1.83 bits per heavy atom. The van der Waals surface area contributed by atoms with E-state index in [2.05, 4.69) is 42.6 Å². The van der Waals surface area contributed by atoms with Gasteiger partial charge in [-0.05, 0) is 30.9 Å². The van der Waals surface area contributed by atoms with E-state index in [4.69, 9.17) is 0 Å². The van der Waals surface area contributed by atoms with E-state index in [-0.39, 0.29) is 0 Å². The van der Waals surface area contributed by atoms with E-state index in [1.54, 1.807) is 0 Å². The highest BCUT2D eigenvalue weighted by atomic mass is 14.9. The van der Waals surface area contributed by atoms with Crippen molar-refractivity contribution in [2.24, 2.45) is 5.92 Å². The first-order valence-corrected chi connectivity index (χ1v) is 7.65. The number of likely N-dealkylation sites (N-methyl/N-ethyl adjacent to an activating group) is 1. The molecule has 0 saturated heterocycles. The molecule has 2 rings (SSSR count). The molecule has 0 bridgehead atoms. The lowest BCUT2D eigenvalue weighted by atomic mass is 9.83. The van der Waals surface area contributed by atoms with Crippen LogP contribution in [0, 0.1) is 5.92 Å². The van der Waals surface area contributed by atoms with Crippen molar-refractivity contribution in [1.82, 2.24) is 5.32 Å². The number of nitrogens with one attached hydrogen (secondary N) is 1. The number of hydrogen-bond acceptors (Lipinski definition) is 1. The molecule has 18 heavy (non-hydrogen) atoms. The molecule has 100 valence electrons. The van der Waals surface area contributed by atoms with Crippen LogP contribution in [0.2, 0.25) is 0 Å². The molecule has 1 aliphatic carbocycles. The summed E-state index contributed by atoms with van der Waals surface area (Å²) in [6.45, 7) is 3.31. The van der Waals surface area contributed by atoms with Crippen molar-refractivity contribution in [1.29, 1.82) is 0 Å². The van der Waals surface area contributed by atoms with Crippen LogP contribution in [0.3, 0.4) is 0 Å². The SMILES string of the molecule is CCNC(Cc1ccccc1)CC1CCCCC1. The van der Waals surface area contributed by atoms with Gasteiger partial charge in [-0.25, -0.2) is 0 Å². The highest BCUT2D eigenvalue weighted by molar-refractivity contribution is 5.15. The Labute approximate surface area is 112 Å². The molecule has 0 amide bonds. The van der Waals surface area contributed by atoms with Crippen molar-refractivity contribution in [3.8, 4) is 0 Å². The Hall–Kier alpha value is -0.820. The van der Waals surface area contributed by atoms with Gasteiger partial charge in [-0.1, -0.05) is 69.4 Å². The third-order valence-electron chi connectivity index (χ3n) is 4.16. The average molecular weight is 245 g/mol. The van der Waals surface area contributed by atoms with Gasteiger partial charge in [-0.2, -0.15) is 0 Å². The molecular formula is C17H27N. The molecule has 0 radical (unpaired) electrons. The monoisotopic (exact) mass is 245 g/mol. The van der Waals surface area contributed by atoms with Gasteiger partial charge < -0.3 is 5.32 Å². The predicted octanol–water partition coefficient (Wildman–Crippen LogP) is 4.18. The molecule has 1 aliphatic rings. The van der Waals surface area contributed by atoms with Crippen molar-refractivity contribution in [3.05, 3.63) is 35.9 Å². The summed E-state index contributed by atoms with van der Waals surface area (Å²) in [5.74, 6) is 0.964. The molecular weight excluding hydrogens is 218 g/mol. The summed E-state index contributed by atoms with van der Waals surface area (Å²) < 4.78 is 0. The molecule has 1 saturated carbocycles. The zero-order valence-corrected chi connectivity index (χ0v) is 11.7. The highest BCUT2D eigenvalue weighted by Gasteiger charge is 2.18. The van der Waals surface area contributed by atoms with Crippen LogP contribution in [0.5, 0.6) is 0 Å². The molecule has 0 heterocycles. The van der Waals surface area contributed by atoms with Crippen molar-refractivity contribution in [3.63, 3.8) is 0 Å². The summed E-state index contributed by atoms with van der Waals surface area (Å²) in [6.07, 6.45) is 9.83.